The number of nitrogens with zero attached hydrogens (tertiary/aromatic N) is 4. The summed E-state index contributed by atoms with van der Waals surface area (Å²) < 4.78 is 0. The largest absolute Gasteiger partial charge is 0.150 e. The number of fused-ring (bicyclic) bond motifs is 2. The lowest BCUT2D eigenvalue weighted by molar-refractivity contribution is 0.663. The molecule has 234 valence electrons. The Morgan fingerprint density at radius 1 is 0.409 bits per heavy atom. The van der Waals surface area contributed by atoms with Crippen molar-refractivity contribution >= 4 is 137 Å². The van der Waals surface area contributed by atoms with E-state index in [2.05, 4.69) is 34.2 Å². The van der Waals surface area contributed by atoms with Gasteiger partial charge in [-0.3, -0.25) is 0 Å². The second kappa shape index (κ2) is 15.2. The summed E-state index contributed by atoms with van der Waals surface area (Å²) in [4.78, 5) is 0. The van der Waals surface area contributed by atoms with Crippen molar-refractivity contribution in [3.05, 3.63) is 50.2 Å². The number of unbranched alkanes of at least 4 members (excludes halogenated alkanes) is 6. The Hall–Kier alpha value is -0.380. The smallest absolute Gasteiger partial charge is 0.143 e. The predicted molar refractivity (Wildman–Crippen MR) is 195 cm³/mol. The molecule has 2 heterocycles. The Morgan fingerprint density at radius 3 is 1.14 bits per heavy atom. The van der Waals surface area contributed by atoms with Crippen LogP contribution in [-0.2, 0) is 12.8 Å². The van der Waals surface area contributed by atoms with Gasteiger partial charge in [-0.2, -0.15) is 0 Å². The molecule has 0 atom stereocenters. The minimum absolute atomic E-state index is 0.156. The molecule has 3 aromatic carbocycles. The van der Waals surface area contributed by atoms with Crippen molar-refractivity contribution in [2.45, 2.75) is 78.1 Å². The Kier molecular flexibility index (Phi) is 12.1. The number of hydrogen-bond donors (Lipinski definition) is 0. The van der Waals surface area contributed by atoms with Crippen LogP contribution in [0.15, 0.2) is 0 Å². The normalized spacial score (nSPS) is 11.9. The highest BCUT2D eigenvalue weighted by molar-refractivity contribution is 7.15. The summed E-state index contributed by atoms with van der Waals surface area (Å²) in [5.74, 6) is 0. The number of hydrogen-bond acceptors (Lipinski definition) is 6. The van der Waals surface area contributed by atoms with Gasteiger partial charge in [0.15, 0.2) is 10.0 Å². The molecule has 0 aliphatic rings. The van der Waals surface area contributed by atoms with Gasteiger partial charge in [0.1, 0.15) is 10.0 Å². The third-order valence-electron chi connectivity index (χ3n) is 7.37. The summed E-state index contributed by atoms with van der Waals surface area (Å²) in [6, 6.07) is 0. The monoisotopic (exact) mass is 786 g/mol. The minimum atomic E-state index is 0.156. The van der Waals surface area contributed by atoms with E-state index in [1.54, 1.807) is 0 Å². The van der Waals surface area contributed by atoms with Gasteiger partial charge in [-0.15, -0.1) is 20.4 Å². The first-order valence-corrected chi connectivity index (χ1v) is 18.9. The summed E-state index contributed by atoms with van der Waals surface area (Å²) in [6.45, 7) is 4.35. The Labute approximate surface area is 304 Å². The van der Waals surface area contributed by atoms with E-state index >= 15 is 0 Å². The van der Waals surface area contributed by atoms with Gasteiger partial charge in [-0.1, -0.05) is 168 Å². The molecule has 0 saturated heterocycles. The van der Waals surface area contributed by atoms with Gasteiger partial charge in [0.25, 0.3) is 0 Å². The average molecular weight is 790 g/mol. The quantitative estimate of drug-likeness (QED) is 0.0718. The lowest BCUT2D eigenvalue weighted by Gasteiger charge is -2.19. The van der Waals surface area contributed by atoms with E-state index in [4.69, 9.17) is 92.8 Å². The molecule has 0 radical (unpaired) electrons. The molecule has 14 heteroatoms. The maximum atomic E-state index is 7.07. The van der Waals surface area contributed by atoms with Crippen LogP contribution in [0, 0.1) is 0 Å². The molecule has 0 unspecified atom stereocenters. The standard InChI is InChI=1S/C30H26Cl8N4S2/c1-3-5-7-9-11-13-39-41-29(43-13)19-23(33)15-17(25(35)27(19)37)22(32)16-18(21(15)31)26(36)28(38)20(24(16)34)30-42-40-14(44-30)12-10-8-6-4-2/h3-12H2,1-2H3. The van der Waals surface area contributed by atoms with Gasteiger partial charge in [-0.05, 0) is 12.8 Å². The van der Waals surface area contributed by atoms with Crippen LogP contribution >= 0.6 is 115 Å². The molecule has 4 nitrogen and oxygen atoms in total. The van der Waals surface area contributed by atoms with Gasteiger partial charge in [0, 0.05) is 34.4 Å². The van der Waals surface area contributed by atoms with Crippen molar-refractivity contribution in [1.82, 2.24) is 20.4 Å². The second-order valence-electron chi connectivity index (χ2n) is 10.4. The molecular formula is C30H26Cl8N4S2. The molecule has 0 N–H and O–H groups in total. The molecule has 0 aliphatic carbocycles. The summed E-state index contributed by atoms with van der Waals surface area (Å²) >= 11 is 58.6. The van der Waals surface area contributed by atoms with Gasteiger partial charge in [0.2, 0.25) is 0 Å². The van der Waals surface area contributed by atoms with Crippen molar-refractivity contribution in [2.24, 2.45) is 0 Å². The number of benzene rings is 3. The predicted octanol–water partition coefficient (Wildman–Crippen LogP) is 14.5. The molecule has 2 aromatic heterocycles. The number of halogens is 8. The Morgan fingerprint density at radius 2 is 0.773 bits per heavy atom. The fraction of sp³-hybridized carbons (Fsp3) is 0.400. The summed E-state index contributed by atoms with van der Waals surface area (Å²) in [5.41, 5.74) is 0.844. The lowest BCUT2D eigenvalue weighted by Crippen LogP contribution is -1.94. The molecular weight excluding hydrogens is 764 g/mol. The van der Waals surface area contributed by atoms with Crippen molar-refractivity contribution < 1.29 is 0 Å². The Bertz CT molecular complexity index is 1720. The van der Waals surface area contributed by atoms with Crippen molar-refractivity contribution in [3.8, 4) is 21.1 Å². The maximum Gasteiger partial charge on any atom is 0.150 e. The van der Waals surface area contributed by atoms with Crippen LogP contribution in [0.5, 0.6) is 0 Å². The second-order valence-corrected chi connectivity index (χ2v) is 15.5. The SMILES string of the molecule is CCCCCCc1nnc(-c2c(Cl)c(Cl)c3c(Cl)c4c(Cl)c(-c5nnc(CCCCCC)s5)c(Cl)c(Cl)c4c(Cl)c3c2Cl)s1. The first-order valence-electron chi connectivity index (χ1n) is 14.2. The van der Waals surface area contributed by atoms with E-state index in [9.17, 15) is 0 Å². The number of rotatable bonds is 12. The van der Waals surface area contributed by atoms with Crippen LogP contribution in [0.2, 0.25) is 40.2 Å². The highest BCUT2D eigenvalue weighted by Gasteiger charge is 2.30. The molecule has 0 fully saturated rings. The molecule has 44 heavy (non-hydrogen) atoms. The van der Waals surface area contributed by atoms with Crippen LogP contribution < -0.4 is 0 Å². The van der Waals surface area contributed by atoms with E-state index in [-0.39, 0.29) is 40.2 Å². The van der Waals surface area contributed by atoms with E-state index in [1.807, 2.05) is 0 Å². The van der Waals surface area contributed by atoms with Gasteiger partial charge < -0.3 is 0 Å². The first-order chi connectivity index (χ1) is 21.1. The van der Waals surface area contributed by atoms with Crippen LogP contribution in [0.25, 0.3) is 42.7 Å². The molecule has 5 aromatic rings. The molecule has 0 bridgehead atoms. The van der Waals surface area contributed by atoms with Gasteiger partial charge in [0.05, 0.1) is 51.3 Å². The molecule has 0 saturated carbocycles. The summed E-state index contributed by atoms with van der Waals surface area (Å²) in [6.07, 6.45) is 10.6. The lowest BCUT2D eigenvalue weighted by atomic mass is 9.99. The fourth-order valence-corrected chi connectivity index (χ4v) is 10.1. The third kappa shape index (κ3) is 6.65. The van der Waals surface area contributed by atoms with Crippen molar-refractivity contribution in [2.75, 3.05) is 0 Å². The zero-order valence-electron chi connectivity index (χ0n) is 23.7. The van der Waals surface area contributed by atoms with E-state index in [0.29, 0.717) is 42.7 Å². The van der Waals surface area contributed by atoms with Crippen molar-refractivity contribution in [1.29, 1.82) is 0 Å². The van der Waals surface area contributed by atoms with Crippen LogP contribution in [0.1, 0.15) is 75.2 Å². The van der Waals surface area contributed by atoms with E-state index < -0.39 is 0 Å². The van der Waals surface area contributed by atoms with Crippen LogP contribution in [0.4, 0.5) is 0 Å². The van der Waals surface area contributed by atoms with Crippen LogP contribution in [-0.4, -0.2) is 20.4 Å². The summed E-state index contributed by atoms with van der Waals surface area (Å²) in [5, 5.41) is 23.2. The fourth-order valence-electron chi connectivity index (χ4n) is 5.09. The zero-order chi connectivity index (χ0) is 31.7. The average Bonchev–Trinajstić information content (AvgIpc) is 3.66. The Balaban J connectivity index is 1.66. The van der Waals surface area contributed by atoms with E-state index in [1.165, 1.54) is 35.5 Å². The van der Waals surface area contributed by atoms with Crippen LogP contribution in [0.3, 0.4) is 0 Å². The summed E-state index contributed by atoms with van der Waals surface area (Å²) in [7, 11) is 0. The zero-order valence-corrected chi connectivity index (χ0v) is 31.4. The van der Waals surface area contributed by atoms with Crippen molar-refractivity contribution in [3.63, 3.8) is 0 Å². The molecule has 0 spiro atoms. The number of aryl methyl sites for hydroxylation is 2. The topological polar surface area (TPSA) is 51.6 Å². The first kappa shape index (κ1) is 34.9. The highest BCUT2D eigenvalue weighted by Crippen LogP contribution is 2.57. The van der Waals surface area contributed by atoms with E-state index in [0.717, 1.165) is 61.4 Å². The highest BCUT2D eigenvalue weighted by atomic mass is 35.5. The molecule has 0 aliphatic heterocycles. The maximum absolute atomic E-state index is 7.07. The molecule has 0 amide bonds. The third-order valence-corrected chi connectivity index (χ3v) is 12.6. The number of aromatic nitrogens is 4. The van der Waals surface area contributed by atoms with Gasteiger partial charge in [-0.25, -0.2) is 0 Å². The van der Waals surface area contributed by atoms with Gasteiger partial charge >= 0.3 is 0 Å². The minimum Gasteiger partial charge on any atom is -0.143 e. The molecule has 5 rings (SSSR count).